The number of halogens is 2. The first-order valence-electron chi connectivity index (χ1n) is 4.41. The third-order valence-corrected chi connectivity index (χ3v) is 2.24. The second kappa shape index (κ2) is 5.24. The molecule has 0 spiro atoms. The van der Waals surface area contributed by atoms with Gasteiger partial charge in [0.25, 0.3) is 0 Å². The number of ether oxygens (including phenoxy) is 2. The van der Waals surface area contributed by atoms with Crippen molar-refractivity contribution in [1.29, 1.82) is 0 Å². The molecule has 0 amide bonds. The van der Waals surface area contributed by atoms with Crippen LogP contribution in [0.1, 0.15) is 0 Å². The molecule has 0 bridgehead atoms. The molecule has 2 heterocycles. The molecule has 17 heavy (non-hydrogen) atoms. The number of methoxy groups -OCH3 is 1. The van der Waals surface area contributed by atoms with E-state index in [-0.39, 0.29) is 17.3 Å². The number of hydrogen-bond donors (Lipinski definition) is 0. The Kier molecular flexibility index (Phi) is 3.70. The van der Waals surface area contributed by atoms with E-state index in [1.54, 1.807) is 12.3 Å². The lowest BCUT2D eigenvalue weighted by molar-refractivity contribution is 0.358. The highest BCUT2D eigenvalue weighted by atomic mass is 79.9. The summed E-state index contributed by atoms with van der Waals surface area (Å²) in [5.74, 6) is 0.476. The molecule has 0 aliphatic heterocycles. The molecule has 0 unspecified atom stereocenters. The minimum atomic E-state index is -0.00481. The Hall–Kier alpha value is -1.47. The largest absolute Gasteiger partial charge is 0.467 e. The molecule has 0 N–H and O–H groups in total. The molecule has 0 saturated carbocycles. The topological polar surface area (TPSA) is 70.0 Å². The smallest absolute Gasteiger partial charge is 0.329 e. The van der Waals surface area contributed by atoms with Crippen molar-refractivity contribution >= 4 is 27.5 Å². The number of aromatic nitrogens is 4. The van der Waals surface area contributed by atoms with Gasteiger partial charge in [0.05, 0.1) is 13.3 Å². The maximum atomic E-state index is 5.68. The van der Waals surface area contributed by atoms with Crippen LogP contribution in [0.3, 0.4) is 0 Å². The van der Waals surface area contributed by atoms with Crippen LogP contribution in [0.15, 0.2) is 22.9 Å². The first-order valence-corrected chi connectivity index (χ1v) is 5.58. The van der Waals surface area contributed by atoms with Gasteiger partial charge in [-0.05, 0) is 33.6 Å². The Bertz CT molecular complexity index is 540. The zero-order valence-corrected chi connectivity index (χ0v) is 10.9. The van der Waals surface area contributed by atoms with Crippen LogP contribution in [0.2, 0.25) is 5.28 Å². The van der Waals surface area contributed by atoms with Gasteiger partial charge in [0.15, 0.2) is 5.75 Å². The normalized spacial score (nSPS) is 10.1. The van der Waals surface area contributed by atoms with Gasteiger partial charge in [-0.1, -0.05) is 0 Å². The number of pyridine rings is 1. The van der Waals surface area contributed by atoms with Gasteiger partial charge in [0, 0.05) is 10.7 Å². The summed E-state index contributed by atoms with van der Waals surface area (Å²) in [5, 5.41) is -0.00481. The van der Waals surface area contributed by atoms with Crippen LogP contribution in [0.25, 0.3) is 0 Å². The third-order valence-electron chi connectivity index (χ3n) is 1.64. The molecule has 88 valence electrons. The fourth-order valence-corrected chi connectivity index (χ4v) is 1.49. The number of rotatable bonds is 3. The standard InChI is InChI=1S/C9H6BrClN4O2/c1-16-8-13-7(11)14-9(15-8)17-6-2-5(10)3-12-4-6/h2-4H,1H3. The molecule has 0 fully saturated rings. The van der Waals surface area contributed by atoms with Crippen LogP contribution in [0, 0.1) is 0 Å². The van der Waals surface area contributed by atoms with Gasteiger partial charge in [-0.3, -0.25) is 4.98 Å². The molecule has 6 nitrogen and oxygen atoms in total. The van der Waals surface area contributed by atoms with Crippen molar-refractivity contribution in [1.82, 2.24) is 19.9 Å². The third kappa shape index (κ3) is 3.24. The Morgan fingerprint density at radius 2 is 1.94 bits per heavy atom. The van der Waals surface area contributed by atoms with Crippen molar-refractivity contribution in [3.05, 3.63) is 28.2 Å². The van der Waals surface area contributed by atoms with E-state index in [9.17, 15) is 0 Å². The lowest BCUT2D eigenvalue weighted by Gasteiger charge is -2.04. The first-order chi connectivity index (χ1) is 8.17. The van der Waals surface area contributed by atoms with Crippen LogP contribution in [0.5, 0.6) is 17.8 Å². The summed E-state index contributed by atoms with van der Waals surface area (Å²) in [6, 6.07) is 1.85. The van der Waals surface area contributed by atoms with E-state index >= 15 is 0 Å². The van der Waals surface area contributed by atoms with Gasteiger partial charge in [0.1, 0.15) is 0 Å². The molecule has 0 atom stereocenters. The zero-order valence-electron chi connectivity index (χ0n) is 8.59. The van der Waals surface area contributed by atoms with Gasteiger partial charge < -0.3 is 9.47 Å². The summed E-state index contributed by atoms with van der Waals surface area (Å²) in [6.45, 7) is 0. The molecule has 2 rings (SSSR count). The van der Waals surface area contributed by atoms with Crippen molar-refractivity contribution < 1.29 is 9.47 Å². The fourth-order valence-electron chi connectivity index (χ4n) is 1.01. The Morgan fingerprint density at radius 3 is 2.65 bits per heavy atom. The maximum Gasteiger partial charge on any atom is 0.329 e. The molecule has 0 saturated heterocycles. The highest BCUT2D eigenvalue weighted by molar-refractivity contribution is 9.10. The summed E-state index contributed by atoms with van der Waals surface area (Å²) in [4.78, 5) is 15.4. The van der Waals surface area contributed by atoms with Crippen molar-refractivity contribution in [3.8, 4) is 17.8 Å². The molecular weight excluding hydrogens is 311 g/mol. The lowest BCUT2D eigenvalue weighted by atomic mass is 10.5. The predicted octanol–water partition coefficient (Wildman–Crippen LogP) is 2.48. The maximum absolute atomic E-state index is 5.68. The van der Waals surface area contributed by atoms with E-state index in [1.807, 2.05) is 0 Å². The van der Waals surface area contributed by atoms with E-state index in [1.165, 1.54) is 13.3 Å². The van der Waals surface area contributed by atoms with E-state index < -0.39 is 0 Å². The van der Waals surface area contributed by atoms with Crippen molar-refractivity contribution in [3.63, 3.8) is 0 Å². The molecule has 0 aliphatic carbocycles. The monoisotopic (exact) mass is 316 g/mol. The fraction of sp³-hybridized carbons (Fsp3) is 0.111. The summed E-state index contributed by atoms with van der Waals surface area (Å²) in [5.41, 5.74) is 0. The summed E-state index contributed by atoms with van der Waals surface area (Å²) >= 11 is 8.95. The van der Waals surface area contributed by atoms with E-state index in [0.29, 0.717) is 5.75 Å². The zero-order chi connectivity index (χ0) is 12.3. The van der Waals surface area contributed by atoms with Crippen molar-refractivity contribution in [2.24, 2.45) is 0 Å². The number of hydrogen-bond acceptors (Lipinski definition) is 6. The summed E-state index contributed by atoms with van der Waals surface area (Å²) in [7, 11) is 1.43. The average molecular weight is 318 g/mol. The number of nitrogens with zero attached hydrogens (tertiary/aromatic N) is 4. The van der Waals surface area contributed by atoms with E-state index in [4.69, 9.17) is 21.1 Å². The van der Waals surface area contributed by atoms with Gasteiger partial charge in [-0.25, -0.2) is 0 Å². The Balaban J connectivity index is 2.26. The lowest BCUT2D eigenvalue weighted by Crippen LogP contribution is -1.98. The van der Waals surface area contributed by atoms with Gasteiger partial charge in [-0.15, -0.1) is 4.98 Å². The molecule has 2 aromatic rings. The van der Waals surface area contributed by atoms with Gasteiger partial charge >= 0.3 is 12.0 Å². The molecule has 0 aromatic carbocycles. The van der Waals surface area contributed by atoms with Crippen LogP contribution >= 0.6 is 27.5 Å². The van der Waals surface area contributed by atoms with E-state index in [0.717, 1.165) is 4.47 Å². The first kappa shape index (κ1) is 12.0. The van der Waals surface area contributed by atoms with Crippen LogP contribution in [-0.2, 0) is 0 Å². The minimum Gasteiger partial charge on any atom is -0.467 e. The van der Waals surface area contributed by atoms with Crippen LogP contribution in [0.4, 0.5) is 0 Å². The molecule has 8 heteroatoms. The van der Waals surface area contributed by atoms with Crippen LogP contribution < -0.4 is 9.47 Å². The van der Waals surface area contributed by atoms with Crippen molar-refractivity contribution in [2.45, 2.75) is 0 Å². The van der Waals surface area contributed by atoms with Crippen molar-refractivity contribution in [2.75, 3.05) is 7.11 Å². The summed E-state index contributed by atoms with van der Waals surface area (Å²) in [6.07, 6.45) is 3.16. The quantitative estimate of drug-likeness (QED) is 0.866. The average Bonchev–Trinajstić information content (AvgIpc) is 2.28. The van der Waals surface area contributed by atoms with E-state index in [2.05, 4.69) is 35.9 Å². The highest BCUT2D eigenvalue weighted by Crippen LogP contribution is 2.22. The minimum absolute atomic E-state index is 0.00481. The Labute approximate surface area is 110 Å². The molecule has 2 aromatic heterocycles. The molecular formula is C9H6BrClN4O2. The SMILES string of the molecule is COc1nc(Cl)nc(Oc2cncc(Br)c2)n1. The second-order valence-corrected chi connectivity index (χ2v) is 4.07. The van der Waals surface area contributed by atoms with Gasteiger partial charge in [-0.2, -0.15) is 9.97 Å². The summed E-state index contributed by atoms with van der Waals surface area (Å²) < 4.78 is 11.0. The van der Waals surface area contributed by atoms with Gasteiger partial charge in [0.2, 0.25) is 5.28 Å². The van der Waals surface area contributed by atoms with Crippen LogP contribution in [-0.4, -0.2) is 27.0 Å². The Morgan fingerprint density at radius 1 is 1.18 bits per heavy atom. The molecule has 0 aliphatic rings. The highest BCUT2D eigenvalue weighted by Gasteiger charge is 2.07. The predicted molar refractivity (Wildman–Crippen MR) is 63.4 cm³/mol. The second-order valence-electron chi connectivity index (χ2n) is 2.81. The molecule has 0 radical (unpaired) electrons.